The van der Waals surface area contributed by atoms with Gasteiger partial charge < -0.3 is 15.8 Å². The zero-order valence-electron chi connectivity index (χ0n) is 9.86. The Labute approximate surface area is 105 Å². The Morgan fingerprint density at radius 2 is 2.47 bits per heavy atom. The Bertz CT molecular complexity index is 390. The molecule has 0 atom stereocenters. The van der Waals surface area contributed by atoms with Crippen LogP contribution in [-0.4, -0.2) is 30.6 Å². The largest absolute Gasteiger partial charge is 0.375 e. The first kappa shape index (κ1) is 13.7. The van der Waals surface area contributed by atoms with Gasteiger partial charge in [0.25, 0.3) is 0 Å². The molecule has 1 amide bonds. The molecule has 0 unspecified atom stereocenters. The van der Waals surface area contributed by atoms with E-state index in [1.807, 2.05) is 6.92 Å². The average molecular weight is 255 g/mol. The van der Waals surface area contributed by atoms with E-state index in [1.54, 1.807) is 5.38 Å². The number of nitrogens with zero attached hydrogens (tertiary/aromatic N) is 1. The minimum absolute atomic E-state index is 0.0748. The van der Waals surface area contributed by atoms with E-state index in [2.05, 4.69) is 16.9 Å². The molecule has 0 saturated heterocycles. The first-order valence-corrected chi connectivity index (χ1v) is 6.14. The van der Waals surface area contributed by atoms with Crippen molar-refractivity contribution in [2.45, 2.75) is 13.3 Å². The predicted molar refractivity (Wildman–Crippen MR) is 68.9 cm³/mol. The average Bonchev–Trinajstić information content (AvgIpc) is 2.63. The zero-order chi connectivity index (χ0) is 12.7. The molecule has 0 radical (unpaired) electrons. The molecule has 6 heteroatoms. The summed E-state index contributed by atoms with van der Waals surface area (Å²) in [5.41, 5.74) is 7.14. The van der Waals surface area contributed by atoms with Crippen molar-refractivity contribution in [3.05, 3.63) is 23.2 Å². The fraction of sp³-hybridized carbons (Fsp3) is 0.455. The van der Waals surface area contributed by atoms with E-state index in [0.29, 0.717) is 30.6 Å². The highest BCUT2D eigenvalue weighted by molar-refractivity contribution is 7.13. The molecule has 0 aliphatic rings. The number of hydrogen-bond acceptors (Lipinski definition) is 5. The van der Waals surface area contributed by atoms with Crippen LogP contribution in [0.25, 0.3) is 0 Å². The maximum Gasteiger partial charge on any atom is 0.226 e. The van der Waals surface area contributed by atoms with Crippen molar-refractivity contribution in [2.24, 2.45) is 0 Å². The molecule has 0 spiro atoms. The number of thiazole rings is 1. The van der Waals surface area contributed by atoms with E-state index in [1.165, 1.54) is 11.3 Å². The second kappa shape index (κ2) is 7.03. The van der Waals surface area contributed by atoms with Crippen molar-refractivity contribution >= 4 is 22.4 Å². The number of nitrogens with one attached hydrogen (secondary N) is 1. The third kappa shape index (κ3) is 6.03. The highest BCUT2D eigenvalue weighted by Crippen LogP contribution is 2.10. The number of aromatic nitrogens is 1. The molecule has 1 rings (SSSR count). The van der Waals surface area contributed by atoms with E-state index in [4.69, 9.17) is 10.5 Å². The summed E-state index contributed by atoms with van der Waals surface area (Å²) in [7, 11) is 0. The van der Waals surface area contributed by atoms with Gasteiger partial charge in [0.2, 0.25) is 5.91 Å². The Morgan fingerprint density at radius 1 is 1.71 bits per heavy atom. The lowest BCUT2D eigenvalue weighted by Crippen LogP contribution is -2.28. The minimum Gasteiger partial charge on any atom is -0.375 e. The molecule has 1 aromatic rings. The molecule has 1 aromatic heterocycles. The second-order valence-electron chi connectivity index (χ2n) is 3.71. The molecular formula is C11H17N3O2S. The van der Waals surface area contributed by atoms with Gasteiger partial charge in [-0.15, -0.1) is 11.3 Å². The minimum atomic E-state index is -0.0748. The van der Waals surface area contributed by atoms with Crippen molar-refractivity contribution in [3.63, 3.8) is 0 Å². The summed E-state index contributed by atoms with van der Waals surface area (Å²) in [6, 6.07) is 0. The third-order valence-corrected chi connectivity index (χ3v) is 2.55. The molecule has 0 bridgehead atoms. The number of nitrogens with two attached hydrogens (primary N) is 1. The van der Waals surface area contributed by atoms with Gasteiger partial charge in [0, 0.05) is 11.9 Å². The quantitative estimate of drug-likeness (QED) is 0.562. The summed E-state index contributed by atoms with van der Waals surface area (Å²) in [6.07, 6.45) is 0.258. The summed E-state index contributed by atoms with van der Waals surface area (Å²) in [6.45, 7) is 7.11. The van der Waals surface area contributed by atoms with Crippen molar-refractivity contribution in [3.8, 4) is 0 Å². The summed E-state index contributed by atoms with van der Waals surface area (Å²) in [4.78, 5) is 15.5. The predicted octanol–water partition coefficient (Wildman–Crippen LogP) is 0.977. The van der Waals surface area contributed by atoms with Crippen LogP contribution >= 0.6 is 11.3 Å². The number of carbonyl (C=O) groups is 1. The van der Waals surface area contributed by atoms with Gasteiger partial charge in [-0.2, -0.15) is 0 Å². The number of hydrogen-bond donors (Lipinski definition) is 2. The van der Waals surface area contributed by atoms with Crippen LogP contribution in [0, 0.1) is 0 Å². The van der Waals surface area contributed by atoms with Gasteiger partial charge in [-0.25, -0.2) is 4.98 Å². The smallest absolute Gasteiger partial charge is 0.226 e. The van der Waals surface area contributed by atoms with Gasteiger partial charge in [-0.1, -0.05) is 12.2 Å². The Hall–Kier alpha value is -1.40. The van der Waals surface area contributed by atoms with Crippen LogP contribution in [0.3, 0.4) is 0 Å². The number of ether oxygens (including phenoxy) is 1. The Balaban J connectivity index is 2.11. The van der Waals surface area contributed by atoms with E-state index in [0.717, 1.165) is 5.57 Å². The van der Waals surface area contributed by atoms with Crippen molar-refractivity contribution in [1.29, 1.82) is 0 Å². The van der Waals surface area contributed by atoms with E-state index < -0.39 is 0 Å². The monoisotopic (exact) mass is 255 g/mol. The molecule has 0 fully saturated rings. The lowest BCUT2D eigenvalue weighted by Gasteiger charge is -2.05. The SMILES string of the molecule is C=C(C)COCCNC(=O)Cc1csc(N)n1. The number of nitrogen functional groups attached to an aromatic ring is 1. The number of rotatable bonds is 7. The maximum atomic E-state index is 11.5. The summed E-state index contributed by atoms with van der Waals surface area (Å²) in [5.74, 6) is -0.0748. The summed E-state index contributed by atoms with van der Waals surface area (Å²) in [5, 5.41) is 5.01. The van der Waals surface area contributed by atoms with Crippen LogP contribution in [0.2, 0.25) is 0 Å². The highest BCUT2D eigenvalue weighted by Gasteiger charge is 2.05. The molecule has 0 saturated carbocycles. The van der Waals surface area contributed by atoms with Crippen LogP contribution in [0.4, 0.5) is 5.13 Å². The lowest BCUT2D eigenvalue weighted by molar-refractivity contribution is -0.120. The molecule has 0 aromatic carbocycles. The third-order valence-electron chi connectivity index (χ3n) is 1.83. The molecule has 3 N–H and O–H groups in total. The normalized spacial score (nSPS) is 10.2. The van der Waals surface area contributed by atoms with Gasteiger partial charge in [-0.3, -0.25) is 4.79 Å². The molecule has 94 valence electrons. The van der Waals surface area contributed by atoms with E-state index in [9.17, 15) is 4.79 Å². The first-order chi connectivity index (χ1) is 8.08. The Kier molecular flexibility index (Phi) is 5.65. The first-order valence-electron chi connectivity index (χ1n) is 5.26. The Morgan fingerprint density at radius 3 is 3.06 bits per heavy atom. The van der Waals surface area contributed by atoms with Crippen LogP contribution in [0.15, 0.2) is 17.5 Å². The second-order valence-corrected chi connectivity index (χ2v) is 4.60. The van der Waals surface area contributed by atoms with Gasteiger partial charge >= 0.3 is 0 Å². The summed E-state index contributed by atoms with van der Waals surface area (Å²) < 4.78 is 5.25. The molecule has 17 heavy (non-hydrogen) atoms. The van der Waals surface area contributed by atoms with Crippen molar-refractivity contribution in [2.75, 3.05) is 25.5 Å². The number of anilines is 1. The van der Waals surface area contributed by atoms with Gasteiger partial charge in [0.1, 0.15) is 0 Å². The van der Waals surface area contributed by atoms with Gasteiger partial charge in [-0.05, 0) is 6.92 Å². The molecule has 5 nitrogen and oxygen atoms in total. The number of carbonyl (C=O) groups excluding carboxylic acids is 1. The lowest BCUT2D eigenvalue weighted by atomic mass is 10.3. The summed E-state index contributed by atoms with van der Waals surface area (Å²) >= 11 is 1.33. The zero-order valence-corrected chi connectivity index (χ0v) is 10.7. The van der Waals surface area contributed by atoms with Crippen LogP contribution in [-0.2, 0) is 16.0 Å². The van der Waals surface area contributed by atoms with Crippen molar-refractivity contribution in [1.82, 2.24) is 10.3 Å². The molecule has 0 aliphatic carbocycles. The molecule has 0 aliphatic heterocycles. The van der Waals surface area contributed by atoms with Gasteiger partial charge in [0.15, 0.2) is 5.13 Å². The topological polar surface area (TPSA) is 77.2 Å². The molecular weight excluding hydrogens is 238 g/mol. The highest BCUT2D eigenvalue weighted by atomic mass is 32.1. The maximum absolute atomic E-state index is 11.5. The fourth-order valence-corrected chi connectivity index (χ4v) is 1.70. The molecule has 1 heterocycles. The number of amides is 1. The van der Waals surface area contributed by atoms with Crippen LogP contribution < -0.4 is 11.1 Å². The van der Waals surface area contributed by atoms with E-state index in [-0.39, 0.29) is 12.3 Å². The van der Waals surface area contributed by atoms with E-state index >= 15 is 0 Å². The fourth-order valence-electron chi connectivity index (χ4n) is 1.14. The van der Waals surface area contributed by atoms with Gasteiger partial charge in [0.05, 0.1) is 25.3 Å². The van der Waals surface area contributed by atoms with Crippen LogP contribution in [0.5, 0.6) is 0 Å². The van der Waals surface area contributed by atoms with Crippen molar-refractivity contribution < 1.29 is 9.53 Å². The van der Waals surface area contributed by atoms with Crippen LogP contribution in [0.1, 0.15) is 12.6 Å². The standard InChI is InChI=1S/C11H17N3O2S/c1-8(2)6-16-4-3-13-10(15)5-9-7-17-11(12)14-9/h7H,1,3-6H2,2H3,(H2,12,14)(H,13,15).